The highest BCUT2D eigenvalue weighted by molar-refractivity contribution is 6.12. The summed E-state index contributed by atoms with van der Waals surface area (Å²) in [6.45, 7) is 0. The number of nitrogens with one attached hydrogen (secondary N) is 2. The molecule has 9 heavy (non-hydrogen) atoms. The predicted octanol–water partition coefficient (Wildman–Crippen LogP) is 0.0958. The first-order valence-corrected chi connectivity index (χ1v) is 2.28. The number of amidine groups is 1. The molecule has 1 rings (SSSR count). The molecule has 1 aliphatic rings. The van der Waals surface area contributed by atoms with Crippen LogP contribution in [0.15, 0.2) is 4.99 Å². The number of rotatable bonds is 0. The van der Waals surface area contributed by atoms with E-state index in [1.54, 1.807) is 0 Å². The van der Waals surface area contributed by atoms with Crippen LogP contribution in [0.5, 0.6) is 0 Å². The number of hydrogen-bond donors (Lipinski definition) is 2. The molecule has 0 spiro atoms. The molecule has 0 fully saturated rings. The zero-order valence-corrected chi connectivity index (χ0v) is 4.39. The third-order valence-electron chi connectivity index (χ3n) is 0.840. The summed E-state index contributed by atoms with van der Waals surface area (Å²) in [4.78, 5) is 13.3. The molecule has 0 aromatic rings. The summed E-state index contributed by atoms with van der Waals surface area (Å²) in [5, 5.41) is 8.63. The lowest BCUT2D eigenvalue weighted by Crippen LogP contribution is -2.39. The fraction of sp³-hybridized carbons (Fsp3) is 0.250. The number of carbonyl (C=O) groups excluding carboxylic acids is 1. The van der Waals surface area contributed by atoms with E-state index < -0.39 is 18.0 Å². The molecule has 0 aromatic heterocycles. The second kappa shape index (κ2) is 1.93. The smallest absolute Gasteiger partial charge is 0.292 e. The van der Waals surface area contributed by atoms with Gasteiger partial charge in [0.1, 0.15) is 5.84 Å². The molecule has 1 atom stereocenters. The van der Waals surface area contributed by atoms with E-state index in [2.05, 4.69) is 4.99 Å². The van der Waals surface area contributed by atoms with Gasteiger partial charge in [0.25, 0.3) is 0 Å². The highest BCUT2D eigenvalue weighted by Crippen LogP contribution is 1.93. The van der Waals surface area contributed by atoms with Crippen LogP contribution < -0.4 is 5.32 Å². The Kier molecular flexibility index (Phi) is 1.26. The Balaban J connectivity index is 2.76. The molecule has 1 aliphatic heterocycles. The number of urea groups is 1. The van der Waals surface area contributed by atoms with E-state index >= 15 is 0 Å². The Morgan fingerprint density at radius 1 is 1.89 bits per heavy atom. The Morgan fingerprint density at radius 2 is 2.56 bits per heavy atom. The lowest BCUT2D eigenvalue weighted by Gasteiger charge is -2.08. The minimum Gasteiger partial charge on any atom is -0.292 e. The van der Waals surface area contributed by atoms with Gasteiger partial charge in [-0.25, -0.2) is 14.2 Å². The maximum atomic E-state index is 12.2. The standard InChI is InChI=1S/C4H4FN3O/c5-2-1-7-4(9)8-3(2)6/h1-2H,(H2,6,8,9). The number of hydrogen-bond acceptors (Lipinski definition) is 2. The molecule has 0 saturated heterocycles. The van der Waals surface area contributed by atoms with Gasteiger partial charge in [0.15, 0.2) is 6.17 Å². The van der Waals surface area contributed by atoms with Gasteiger partial charge in [-0.1, -0.05) is 0 Å². The van der Waals surface area contributed by atoms with Crippen LogP contribution in [-0.4, -0.2) is 24.3 Å². The van der Waals surface area contributed by atoms with Crippen molar-refractivity contribution in [1.29, 1.82) is 5.41 Å². The number of nitrogens with zero attached hydrogens (tertiary/aromatic N) is 1. The van der Waals surface area contributed by atoms with Gasteiger partial charge in [-0.3, -0.25) is 10.7 Å². The Hall–Kier alpha value is -1.26. The Morgan fingerprint density at radius 3 is 3.00 bits per heavy atom. The van der Waals surface area contributed by atoms with E-state index in [1.165, 1.54) is 0 Å². The average molecular weight is 129 g/mol. The summed E-state index contributed by atoms with van der Waals surface area (Å²) in [6, 6.07) is -0.686. The van der Waals surface area contributed by atoms with Crippen LogP contribution in [0.2, 0.25) is 0 Å². The molecule has 0 bridgehead atoms. The normalized spacial score (nSPS) is 26.1. The zero-order chi connectivity index (χ0) is 6.85. The van der Waals surface area contributed by atoms with Gasteiger partial charge in [-0.15, -0.1) is 0 Å². The fourth-order valence-electron chi connectivity index (χ4n) is 0.424. The maximum absolute atomic E-state index is 12.2. The van der Waals surface area contributed by atoms with E-state index in [9.17, 15) is 9.18 Å². The van der Waals surface area contributed by atoms with Crippen LogP contribution in [0.3, 0.4) is 0 Å². The molecule has 2 amide bonds. The molecule has 0 radical (unpaired) electrons. The first kappa shape index (κ1) is 5.87. The van der Waals surface area contributed by atoms with Crippen LogP contribution in [0.1, 0.15) is 0 Å². The quantitative estimate of drug-likeness (QED) is 0.478. The maximum Gasteiger partial charge on any atom is 0.346 e. The average Bonchev–Trinajstić information content (AvgIpc) is 1.80. The minimum atomic E-state index is -1.55. The number of amides is 2. The lowest BCUT2D eigenvalue weighted by molar-refractivity contribution is 0.252. The second-order valence-electron chi connectivity index (χ2n) is 1.52. The summed E-state index contributed by atoms with van der Waals surface area (Å²) >= 11 is 0. The number of alkyl halides is 1. The minimum absolute atomic E-state index is 0.449. The van der Waals surface area contributed by atoms with Gasteiger partial charge >= 0.3 is 6.03 Å². The number of halogens is 1. The molecular weight excluding hydrogens is 125 g/mol. The molecule has 1 unspecified atom stereocenters. The summed E-state index contributed by atoms with van der Waals surface area (Å²) in [7, 11) is 0. The lowest BCUT2D eigenvalue weighted by atomic mass is 10.3. The van der Waals surface area contributed by atoms with Gasteiger partial charge in [0.05, 0.1) is 6.21 Å². The van der Waals surface area contributed by atoms with E-state index in [0.717, 1.165) is 6.21 Å². The highest BCUT2D eigenvalue weighted by atomic mass is 19.1. The van der Waals surface area contributed by atoms with Gasteiger partial charge in [0, 0.05) is 0 Å². The van der Waals surface area contributed by atoms with Crippen molar-refractivity contribution in [1.82, 2.24) is 5.32 Å². The molecule has 0 aromatic carbocycles. The van der Waals surface area contributed by atoms with Gasteiger partial charge in [-0.05, 0) is 0 Å². The molecule has 1 heterocycles. The molecule has 48 valence electrons. The summed E-state index contributed by atoms with van der Waals surface area (Å²) in [5.74, 6) is -0.449. The van der Waals surface area contributed by atoms with Crippen LogP contribution in [0.25, 0.3) is 0 Å². The number of aliphatic imine (C=N–C) groups is 1. The first-order chi connectivity index (χ1) is 4.20. The van der Waals surface area contributed by atoms with E-state index in [0.29, 0.717) is 0 Å². The van der Waals surface area contributed by atoms with Crippen molar-refractivity contribution >= 4 is 18.1 Å². The van der Waals surface area contributed by atoms with Crippen LogP contribution in [0, 0.1) is 5.41 Å². The monoisotopic (exact) mass is 129 g/mol. The third-order valence-corrected chi connectivity index (χ3v) is 0.840. The van der Waals surface area contributed by atoms with Crippen molar-refractivity contribution in [3.05, 3.63) is 0 Å². The van der Waals surface area contributed by atoms with Gasteiger partial charge < -0.3 is 0 Å². The molecule has 5 heteroatoms. The van der Waals surface area contributed by atoms with Crippen LogP contribution >= 0.6 is 0 Å². The second-order valence-corrected chi connectivity index (χ2v) is 1.52. The topological polar surface area (TPSA) is 65.3 Å². The third kappa shape index (κ3) is 1.10. The molecular formula is C4H4FN3O. The fourth-order valence-corrected chi connectivity index (χ4v) is 0.424. The Labute approximate surface area is 50.3 Å². The Bertz CT molecular complexity index is 188. The summed E-state index contributed by atoms with van der Waals surface area (Å²) < 4.78 is 12.2. The van der Waals surface area contributed by atoms with Crippen molar-refractivity contribution in [3.63, 3.8) is 0 Å². The summed E-state index contributed by atoms with van der Waals surface area (Å²) in [6.07, 6.45) is -0.760. The molecule has 0 aliphatic carbocycles. The van der Waals surface area contributed by atoms with Crippen molar-refractivity contribution in [2.24, 2.45) is 4.99 Å². The highest BCUT2D eigenvalue weighted by Gasteiger charge is 2.17. The number of carbonyl (C=O) groups is 1. The van der Waals surface area contributed by atoms with Gasteiger partial charge in [0.2, 0.25) is 0 Å². The van der Waals surface area contributed by atoms with Crippen molar-refractivity contribution in [2.45, 2.75) is 6.17 Å². The largest absolute Gasteiger partial charge is 0.346 e. The molecule has 2 N–H and O–H groups in total. The van der Waals surface area contributed by atoms with Gasteiger partial charge in [-0.2, -0.15) is 0 Å². The SMILES string of the molecule is N=C1NC(=O)N=CC1F. The summed E-state index contributed by atoms with van der Waals surface area (Å²) in [5.41, 5.74) is 0. The molecule has 0 saturated carbocycles. The first-order valence-electron chi connectivity index (χ1n) is 2.28. The van der Waals surface area contributed by atoms with E-state index in [4.69, 9.17) is 5.41 Å². The zero-order valence-electron chi connectivity index (χ0n) is 4.39. The van der Waals surface area contributed by atoms with Crippen molar-refractivity contribution in [2.75, 3.05) is 0 Å². The van der Waals surface area contributed by atoms with E-state index in [-0.39, 0.29) is 0 Å². The molecule has 4 nitrogen and oxygen atoms in total. The van der Waals surface area contributed by atoms with Crippen molar-refractivity contribution in [3.8, 4) is 0 Å². The van der Waals surface area contributed by atoms with Crippen LogP contribution in [0.4, 0.5) is 9.18 Å². The van der Waals surface area contributed by atoms with E-state index in [1.807, 2.05) is 5.32 Å². The van der Waals surface area contributed by atoms with Crippen molar-refractivity contribution < 1.29 is 9.18 Å². The van der Waals surface area contributed by atoms with Crippen LogP contribution in [-0.2, 0) is 0 Å². The predicted molar refractivity (Wildman–Crippen MR) is 29.6 cm³/mol.